The predicted molar refractivity (Wildman–Crippen MR) is 230 cm³/mol. The van der Waals surface area contributed by atoms with Crippen molar-refractivity contribution in [2.75, 3.05) is 4.90 Å². The van der Waals surface area contributed by atoms with Gasteiger partial charge in [0.05, 0.1) is 33.5 Å². The SMILES string of the molecule is Cc1cc(N(c2ccccc2)c2ccc(-c3nc4ccccc4nc3-c3ccccc3)cc2)ccc1-c1ccc2c(c1)c1ccccc1n2-c1ccccc1. The number of hydrogen-bond donors (Lipinski definition) is 0. The maximum atomic E-state index is 5.14. The topological polar surface area (TPSA) is 34.0 Å². The first-order chi connectivity index (χ1) is 27.2. The zero-order chi connectivity index (χ0) is 36.7. The zero-order valence-electron chi connectivity index (χ0n) is 30.3. The standard InChI is InChI=1S/C51H36N4/c1-35-33-42(30-31-43(35)38-27-32-49-45(34-38)44-21-11-14-24-48(44)55(49)40-19-9-4-10-20-40)54(39-17-7-3-8-18-39)41-28-25-37(26-29-41)51-50(36-15-5-2-6-16-36)52-46-22-12-13-23-47(46)53-51/h2-34H,1H3. The average Bonchev–Trinajstić information content (AvgIpc) is 3.58. The van der Waals surface area contributed by atoms with Crippen LogP contribution in [0.3, 0.4) is 0 Å². The Balaban J connectivity index is 1.04. The number of rotatable bonds is 7. The molecule has 8 aromatic carbocycles. The smallest absolute Gasteiger partial charge is 0.0973 e. The van der Waals surface area contributed by atoms with E-state index in [0.717, 1.165) is 56.3 Å². The minimum atomic E-state index is 0.867. The van der Waals surface area contributed by atoms with Gasteiger partial charge in [-0.1, -0.05) is 121 Å². The molecule has 0 aliphatic rings. The Hall–Kier alpha value is -7.30. The summed E-state index contributed by atoms with van der Waals surface area (Å²) in [5, 5.41) is 2.50. The van der Waals surface area contributed by atoms with E-state index in [-0.39, 0.29) is 0 Å². The molecule has 4 heteroatoms. The number of para-hydroxylation sites is 5. The molecule has 10 aromatic rings. The van der Waals surface area contributed by atoms with Crippen LogP contribution in [-0.4, -0.2) is 14.5 Å². The van der Waals surface area contributed by atoms with E-state index in [9.17, 15) is 0 Å². The highest BCUT2D eigenvalue weighted by Gasteiger charge is 2.18. The number of nitrogens with zero attached hydrogens (tertiary/aromatic N) is 4. The Kier molecular flexibility index (Phi) is 8.00. The van der Waals surface area contributed by atoms with Gasteiger partial charge in [0, 0.05) is 44.6 Å². The molecule has 0 amide bonds. The highest BCUT2D eigenvalue weighted by molar-refractivity contribution is 6.10. The second-order valence-electron chi connectivity index (χ2n) is 13.9. The highest BCUT2D eigenvalue weighted by Crippen LogP contribution is 2.40. The Morgan fingerprint density at radius 2 is 0.927 bits per heavy atom. The Morgan fingerprint density at radius 3 is 1.62 bits per heavy atom. The van der Waals surface area contributed by atoms with Crippen LogP contribution in [0.4, 0.5) is 17.1 Å². The van der Waals surface area contributed by atoms with Crippen LogP contribution in [0, 0.1) is 6.92 Å². The van der Waals surface area contributed by atoms with Crippen LogP contribution in [-0.2, 0) is 0 Å². The van der Waals surface area contributed by atoms with Gasteiger partial charge < -0.3 is 9.47 Å². The number of aryl methyl sites for hydroxylation is 1. The van der Waals surface area contributed by atoms with Crippen LogP contribution in [0.15, 0.2) is 200 Å². The van der Waals surface area contributed by atoms with Crippen LogP contribution in [0.5, 0.6) is 0 Å². The molecular formula is C51H36N4. The summed E-state index contributed by atoms with van der Waals surface area (Å²) >= 11 is 0. The molecule has 0 radical (unpaired) electrons. The first kappa shape index (κ1) is 32.4. The fourth-order valence-corrected chi connectivity index (χ4v) is 7.90. The molecule has 0 bridgehead atoms. The first-order valence-electron chi connectivity index (χ1n) is 18.7. The molecule has 0 aliphatic heterocycles. The Bertz CT molecular complexity index is 2970. The van der Waals surface area contributed by atoms with Crippen LogP contribution < -0.4 is 4.90 Å². The molecule has 0 saturated carbocycles. The van der Waals surface area contributed by atoms with E-state index in [4.69, 9.17) is 9.97 Å². The number of aromatic nitrogens is 3. The molecule has 55 heavy (non-hydrogen) atoms. The van der Waals surface area contributed by atoms with Gasteiger partial charge in [-0.2, -0.15) is 0 Å². The minimum absolute atomic E-state index is 0.867. The number of benzene rings is 8. The molecule has 0 aliphatic carbocycles. The summed E-state index contributed by atoms with van der Waals surface area (Å²) in [6.07, 6.45) is 0. The van der Waals surface area contributed by atoms with Gasteiger partial charge in [0.25, 0.3) is 0 Å². The monoisotopic (exact) mass is 704 g/mol. The Labute approximate surface area is 320 Å². The molecule has 0 unspecified atom stereocenters. The molecule has 4 nitrogen and oxygen atoms in total. The molecule has 0 N–H and O–H groups in total. The molecule has 0 atom stereocenters. The fourth-order valence-electron chi connectivity index (χ4n) is 7.90. The number of hydrogen-bond acceptors (Lipinski definition) is 3. The van der Waals surface area contributed by atoms with Crippen molar-refractivity contribution in [3.63, 3.8) is 0 Å². The highest BCUT2D eigenvalue weighted by atomic mass is 15.1. The van der Waals surface area contributed by atoms with E-state index in [1.165, 1.54) is 38.5 Å². The van der Waals surface area contributed by atoms with Crippen LogP contribution in [0.2, 0.25) is 0 Å². The first-order valence-corrected chi connectivity index (χ1v) is 18.7. The fraction of sp³-hybridized carbons (Fsp3) is 0.0196. The van der Waals surface area contributed by atoms with Crippen molar-refractivity contribution >= 4 is 49.9 Å². The van der Waals surface area contributed by atoms with E-state index in [2.05, 4.69) is 174 Å². The second kappa shape index (κ2) is 13.6. The maximum Gasteiger partial charge on any atom is 0.0973 e. The molecule has 0 fully saturated rings. The number of anilines is 3. The van der Waals surface area contributed by atoms with Crippen molar-refractivity contribution in [1.82, 2.24) is 14.5 Å². The van der Waals surface area contributed by atoms with Crippen molar-refractivity contribution in [3.05, 3.63) is 206 Å². The Morgan fingerprint density at radius 1 is 0.400 bits per heavy atom. The summed E-state index contributed by atoms with van der Waals surface area (Å²) in [5.74, 6) is 0. The molecule has 2 heterocycles. The lowest BCUT2D eigenvalue weighted by Gasteiger charge is -2.26. The van der Waals surface area contributed by atoms with Gasteiger partial charge in [0.15, 0.2) is 0 Å². The third-order valence-corrected chi connectivity index (χ3v) is 10.5. The molecular weight excluding hydrogens is 669 g/mol. The molecule has 260 valence electrons. The van der Waals surface area contributed by atoms with Crippen LogP contribution >= 0.6 is 0 Å². The quantitative estimate of drug-likeness (QED) is 0.166. The van der Waals surface area contributed by atoms with Crippen molar-refractivity contribution < 1.29 is 0 Å². The lowest BCUT2D eigenvalue weighted by Crippen LogP contribution is -2.10. The predicted octanol–water partition coefficient (Wildman–Crippen LogP) is 13.5. The van der Waals surface area contributed by atoms with Crippen molar-refractivity contribution in [3.8, 4) is 39.3 Å². The average molecular weight is 705 g/mol. The van der Waals surface area contributed by atoms with Crippen molar-refractivity contribution in [1.29, 1.82) is 0 Å². The molecule has 2 aromatic heterocycles. The number of fused-ring (bicyclic) bond motifs is 4. The zero-order valence-corrected chi connectivity index (χ0v) is 30.3. The van der Waals surface area contributed by atoms with E-state index in [1.807, 2.05) is 42.5 Å². The summed E-state index contributed by atoms with van der Waals surface area (Å²) < 4.78 is 2.36. The lowest BCUT2D eigenvalue weighted by atomic mass is 9.97. The summed E-state index contributed by atoms with van der Waals surface area (Å²) in [6, 6.07) is 70.7. The van der Waals surface area contributed by atoms with Gasteiger partial charge in [-0.25, -0.2) is 9.97 Å². The molecule has 0 saturated heterocycles. The van der Waals surface area contributed by atoms with Gasteiger partial charge in [0.1, 0.15) is 0 Å². The van der Waals surface area contributed by atoms with E-state index in [0.29, 0.717) is 0 Å². The van der Waals surface area contributed by atoms with Gasteiger partial charge >= 0.3 is 0 Å². The minimum Gasteiger partial charge on any atom is -0.310 e. The summed E-state index contributed by atoms with van der Waals surface area (Å²) in [7, 11) is 0. The van der Waals surface area contributed by atoms with Gasteiger partial charge in [0.2, 0.25) is 0 Å². The normalized spacial score (nSPS) is 11.4. The lowest BCUT2D eigenvalue weighted by molar-refractivity contribution is 1.18. The van der Waals surface area contributed by atoms with Crippen molar-refractivity contribution in [2.24, 2.45) is 0 Å². The second-order valence-corrected chi connectivity index (χ2v) is 13.9. The van der Waals surface area contributed by atoms with Gasteiger partial charge in [-0.15, -0.1) is 0 Å². The maximum absolute atomic E-state index is 5.14. The third kappa shape index (κ3) is 5.81. The summed E-state index contributed by atoms with van der Waals surface area (Å²) in [5.41, 5.74) is 16.0. The van der Waals surface area contributed by atoms with Gasteiger partial charge in [-0.3, -0.25) is 0 Å². The molecule has 0 spiro atoms. The largest absolute Gasteiger partial charge is 0.310 e. The molecule has 10 rings (SSSR count). The van der Waals surface area contributed by atoms with E-state index >= 15 is 0 Å². The van der Waals surface area contributed by atoms with E-state index < -0.39 is 0 Å². The van der Waals surface area contributed by atoms with Gasteiger partial charge in [-0.05, 0) is 102 Å². The van der Waals surface area contributed by atoms with Crippen molar-refractivity contribution in [2.45, 2.75) is 6.92 Å². The third-order valence-electron chi connectivity index (χ3n) is 10.5. The van der Waals surface area contributed by atoms with Crippen LogP contribution in [0.25, 0.3) is 72.2 Å². The summed E-state index contributed by atoms with van der Waals surface area (Å²) in [6.45, 7) is 2.21. The summed E-state index contributed by atoms with van der Waals surface area (Å²) in [4.78, 5) is 12.5. The van der Waals surface area contributed by atoms with Crippen LogP contribution in [0.1, 0.15) is 5.56 Å². The van der Waals surface area contributed by atoms with E-state index in [1.54, 1.807) is 0 Å².